The van der Waals surface area contributed by atoms with E-state index in [1.807, 2.05) is 0 Å². The van der Waals surface area contributed by atoms with Gasteiger partial charge >= 0.3 is 0 Å². The van der Waals surface area contributed by atoms with Crippen LogP contribution in [-0.4, -0.2) is 13.7 Å². The maximum Gasteiger partial charge on any atom is 0.0572 e. The van der Waals surface area contributed by atoms with Crippen molar-refractivity contribution in [3.63, 3.8) is 0 Å². The van der Waals surface area contributed by atoms with E-state index in [2.05, 4.69) is 16.9 Å². The summed E-state index contributed by atoms with van der Waals surface area (Å²) in [6.45, 7) is 4.16. The summed E-state index contributed by atoms with van der Waals surface area (Å²) in [7, 11) is 1.57. The van der Waals surface area contributed by atoms with E-state index < -0.39 is 0 Å². The van der Waals surface area contributed by atoms with Gasteiger partial charge in [-0.05, 0) is 0 Å². The molecule has 0 amide bonds. The molecule has 2 nitrogen and oxygen atoms in total. The molecule has 0 radical (unpaired) electrons. The number of nitrogens with one attached hydrogen (secondary N) is 1. The van der Waals surface area contributed by atoms with Crippen molar-refractivity contribution in [2.75, 3.05) is 13.7 Å². The first-order chi connectivity index (χ1) is 2.91. The van der Waals surface area contributed by atoms with Crippen LogP contribution in [0.3, 0.4) is 0 Å². The molecule has 6 heavy (non-hydrogen) atoms. The Labute approximate surface area is 37.8 Å². The molecule has 0 bridgehead atoms. The third-order valence-corrected chi connectivity index (χ3v) is 0.372. The lowest BCUT2D eigenvalue weighted by molar-refractivity contribution is 0.101. The van der Waals surface area contributed by atoms with Crippen LogP contribution >= 0.6 is 0 Å². The van der Waals surface area contributed by atoms with Crippen molar-refractivity contribution in [2.24, 2.45) is 0 Å². The van der Waals surface area contributed by atoms with Crippen molar-refractivity contribution in [3.05, 3.63) is 12.7 Å². The van der Waals surface area contributed by atoms with E-state index in [-0.39, 0.29) is 0 Å². The summed E-state index contributed by atoms with van der Waals surface area (Å²) in [5.74, 6) is 0. The van der Waals surface area contributed by atoms with Crippen molar-refractivity contribution >= 4 is 0 Å². The van der Waals surface area contributed by atoms with E-state index in [0.29, 0.717) is 6.54 Å². The Morgan fingerprint density at radius 2 is 2.67 bits per heavy atom. The third-order valence-electron chi connectivity index (χ3n) is 0.372. The second kappa shape index (κ2) is 4.66. The number of rotatable bonds is 3. The average Bonchev–Trinajstić information content (AvgIpc) is 1.61. The van der Waals surface area contributed by atoms with Crippen molar-refractivity contribution in [1.82, 2.24) is 5.48 Å². The predicted octanol–water partition coefficient (Wildman–Crippen LogP) is 0.323. The van der Waals surface area contributed by atoms with Crippen LogP contribution in [0.5, 0.6) is 0 Å². The van der Waals surface area contributed by atoms with Crippen LogP contribution in [0.4, 0.5) is 0 Å². The van der Waals surface area contributed by atoms with Gasteiger partial charge in [0, 0.05) is 6.54 Å². The van der Waals surface area contributed by atoms with Crippen LogP contribution in [0.2, 0.25) is 0 Å². The lowest BCUT2D eigenvalue weighted by atomic mass is 10.7. The first-order valence-electron chi connectivity index (χ1n) is 1.78. The maximum atomic E-state index is 4.46. The zero-order chi connectivity index (χ0) is 4.83. The Morgan fingerprint density at radius 3 is 2.83 bits per heavy atom. The lowest BCUT2D eigenvalue weighted by Gasteiger charge is -1.90. The first kappa shape index (κ1) is 5.66. The molecule has 0 aromatic rings. The highest BCUT2D eigenvalue weighted by atomic mass is 16.6. The normalized spacial score (nSPS) is 8.17. The van der Waals surface area contributed by atoms with Gasteiger partial charge in [0.1, 0.15) is 0 Å². The minimum Gasteiger partial charge on any atom is -0.305 e. The number of hydroxylamine groups is 1. The Balaban J connectivity index is 2.49. The fourth-order valence-electron chi connectivity index (χ4n) is 0.142. The molecule has 0 fully saturated rings. The van der Waals surface area contributed by atoms with Crippen LogP contribution in [0, 0.1) is 0 Å². The number of hydrogen-bond acceptors (Lipinski definition) is 2. The molecule has 0 aliphatic carbocycles. The van der Waals surface area contributed by atoms with Crippen molar-refractivity contribution in [2.45, 2.75) is 0 Å². The zero-order valence-corrected chi connectivity index (χ0v) is 3.90. The molecule has 0 saturated heterocycles. The highest BCUT2D eigenvalue weighted by Gasteiger charge is 1.65. The standard InChI is InChI=1S/C4H9NO/c1-3-4-5-6-2/h3,5H,1,4H2,2H3. The monoisotopic (exact) mass is 87.1 g/mol. The van der Waals surface area contributed by atoms with E-state index in [1.165, 1.54) is 0 Å². The van der Waals surface area contributed by atoms with E-state index >= 15 is 0 Å². The van der Waals surface area contributed by atoms with Crippen molar-refractivity contribution < 1.29 is 4.84 Å². The fraction of sp³-hybridized carbons (Fsp3) is 0.500. The molecule has 0 heterocycles. The highest BCUT2D eigenvalue weighted by Crippen LogP contribution is 1.55. The van der Waals surface area contributed by atoms with Crippen molar-refractivity contribution in [1.29, 1.82) is 0 Å². The smallest absolute Gasteiger partial charge is 0.0572 e. The molecule has 0 aromatic heterocycles. The average molecular weight is 87.1 g/mol. The van der Waals surface area contributed by atoms with Gasteiger partial charge in [0.25, 0.3) is 0 Å². The fourth-order valence-corrected chi connectivity index (χ4v) is 0.142. The minimum atomic E-state index is 0.705. The molecular weight excluding hydrogens is 78.0 g/mol. The summed E-state index contributed by atoms with van der Waals surface area (Å²) in [6, 6.07) is 0. The van der Waals surface area contributed by atoms with Gasteiger partial charge in [-0.25, -0.2) is 0 Å². The molecule has 0 spiro atoms. The largest absolute Gasteiger partial charge is 0.305 e. The molecule has 0 aliphatic heterocycles. The topological polar surface area (TPSA) is 21.3 Å². The van der Waals surface area contributed by atoms with Crippen LogP contribution in [-0.2, 0) is 4.84 Å². The molecule has 0 aromatic carbocycles. The third kappa shape index (κ3) is 3.66. The van der Waals surface area contributed by atoms with Crippen LogP contribution in [0.1, 0.15) is 0 Å². The minimum absolute atomic E-state index is 0.705. The summed E-state index contributed by atoms with van der Waals surface area (Å²) >= 11 is 0. The van der Waals surface area contributed by atoms with Gasteiger partial charge in [-0.1, -0.05) is 6.08 Å². The summed E-state index contributed by atoms with van der Waals surface area (Å²) < 4.78 is 0. The molecule has 36 valence electrons. The number of hydrogen-bond donors (Lipinski definition) is 1. The van der Waals surface area contributed by atoms with E-state index in [0.717, 1.165) is 0 Å². The second-order valence-corrected chi connectivity index (χ2v) is 0.841. The zero-order valence-electron chi connectivity index (χ0n) is 3.90. The van der Waals surface area contributed by atoms with Gasteiger partial charge in [-0.2, -0.15) is 5.48 Å². The van der Waals surface area contributed by atoms with Gasteiger partial charge in [-0.15, -0.1) is 6.58 Å². The van der Waals surface area contributed by atoms with Gasteiger partial charge in [0.15, 0.2) is 0 Å². The van der Waals surface area contributed by atoms with Crippen LogP contribution in [0.15, 0.2) is 12.7 Å². The lowest BCUT2D eigenvalue weighted by Crippen LogP contribution is -2.09. The van der Waals surface area contributed by atoms with Crippen LogP contribution in [0.25, 0.3) is 0 Å². The van der Waals surface area contributed by atoms with Crippen LogP contribution < -0.4 is 5.48 Å². The summed E-state index contributed by atoms with van der Waals surface area (Å²) in [6.07, 6.45) is 1.73. The molecule has 0 rings (SSSR count). The molecule has 2 heteroatoms. The second-order valence-electron chi connectivity index (χ2n) is 0.841. The Hall–Kier alpha value is -0.340. The van der Waals surface area contributed by atoms with E-state index in [4.69, 9.17) is 0 Å². The summed E-state index contributed by atoms with van der Waals surface area (Å²) in [5.41, 5.74) is 2.58. The maximum absolute atomic E-state index is 4.46. The first-order valence-corrected chi connectivity index (χ1v) is 1.78. The van der Waals surface area contributed by atoms with Gasteiger partial charge in [0.05, 0.1) is 7.11 Å². The summed E-state index contributed by atoms with van der Waals surface area (Å²) in [5, 5.41) is 0. The Morgan fingerprint density at radius 1 is 2.00 bits per heavy atom. The molecule has 1 N–H and O–H groups in total. The Kier molecular flexibility index (Phi) is 4.40. The van der Waals surface area contributed by atoms with Gasteiger partial charge in [-0.3, -0.25) is 0 Å². The molecule has 0 saturated carbocycles. The Bertz CT molecular complexity index is 36.5. The molecule has 0 aliphatic rings. The van der Waals surface area contributed by atoms with E-state index in [9.17, 15) is 0 Å². The quantitative estimate of drug-likeness (QED) is 0.304. The molecule has 0 unspecified atom stereocenters. The SMILES string of the molecule is C=CCNOC. The predicted molar refractivity (Wildman–Crippen MR) is 25.2 cm³/mol. The summed E-state index contributed by atoms with van der Waals surface area (Å²) in [4.78, 5) is 4.46. The highest BCUT2D eigenvalue weighted by molar-refractivity contribution is 4.65. The molecular formula is C4H9NO. The van der Waals surface area contributed by atoms with Gasteiger partial charge < -0.3 is 4.84 Å². The van der Waals surface area contributed by atoms with E-state index in [1.54, 1.807) is 13.2 Å². The van der Waals surface area contributed by atoms with Gasteiger partial charge in [0.2, 0.25) is 0 Å². The van der Waals surface area contributed by atoms with Crippen molar-refractivity contribution in [3.8, 4) is 0 Å². The molecule has 0 atom stereocenters.